The fraction of sp³-hybridized carbons (Fsp3) is 0.190. The van der Waals surface area contributed by atoms with Crippen molar-refractivity contribution in [1.29, 1.82) is 0 Å². The van der Waals surface area contributed by atoms with E-state index < -0.39 is 7.12 Å². The van der Waals surface area contributed by atoms with Crippen LogP contribution in [0.3, 0.4) is 0 Å². The minimum Gasteiger partial charge on any atom is -0.423 e. The van der Waals surface area contributed by atoms with E-state index in [1.807, 2.05) is 66.9 Å². The SMILES string of the molecule is Cl.Clc1cc(Nc2cccc(N3CCCC3)n2)c2nccn2n1.OB(O)c1ccccc1.c1ccc(-c2cc(Nc3cccc(N4CCCC4)n3)c3nccn3n2)cc1. The van der Waals surface area contributed by atoms with Gasteiger partial charge in [0.1, 0.15) is 23.3 Å². The molecule has 59 heavy (non-hydrogen) atoms. The van der Waals surface area contributed by atoms with Gasteiger partial charge in [-0.05, 0) is 61.5 Å². The van der Waals surface area contributed by atoms with Gasteiger partial charge < -0.3 is 30.5 Å². The standard InChI is InChI=1S/C21H20N6.C15H15ClN6.C6H7BO2.ClH/c1-2-7-16(8-3-1)17-15-18(21-22-11-14-27(21)25-17)23-19-9-6-10-20(24-19)26-12-4-5-13-26;16-12-10-11(15-17-6-9-22(15)20-12)18-13-4-3-5-14(19-13)21-7-1-2-8-21;8-7(9)6-4-2-1-3-5-6;/h1-3,6-11,14-15H,4-5,12-13H2,(H,23,24);3-6,9-10H,1-2,7-8H2,(H,18,19);1-5,8-9H;1H. The van der Waals surface area contributed by atoms with Crippen LogP contribution in [-0.2, 0) is 0 Å². The number of nitrogens with one attached hydrogen (secondary N) is 2. The van der Waals surface area contributed by atoms with E-state index in [4.69, 9.17) is 26.6 Å². The number of anilines is 6. The molecule has 2 aliphatic rings. The lowest BCUT2D eigenvalue weighted by Gasteiger charge is -2.17. The van der Waals surface area contributed by atoms with Crippen LogP contribution in [0.1, 0.15) is 25.7 Å². The van der Waals surface area contributed by atoms with Gasteiger partial charge in [-0.2, -0.15) is 10.2 Å². The molecule has 0 radical (unpaired) electrons. The monoisotopic (exact) mass is 828 g/mol. The van der Waals surface area contributed by atoms with Crippen LogP contribution in [0.2, 0.25) is 5.15 Å². The lowest BCUT2D eigenvalue weighted by Crippen LogP contribution is -2.29. The van der Waals surface area contributed by atoms with E-state index in [1.165, 1.54) is 25.7 Å². The molecule has 0 unspecified atom stereocenters. The zero-order chi connectivity index (χ0) is 39.7. The molecule has 0 amide bonds. The molecule has 10 rings (SSSR count). The van der Waals surface area contributed by atoms with Crippen LogP contribution in [0.5, 0.6) is 0 Å². The van der Waals surface area contributed by atoms with Gasteiger partial charge in [0.05, 0.1) is 17.1 Å². The summed E-state index contributed by atoms with van der Waals surface area (Å²) in [5.74, 6) is 3.61. The number of hydrogen-bond donors (Lipinski definition) is 4. The van der Waals surface area contributed by atoms with Gasteiger partial charge in [-0.15, -0.1) is 12.4 Å². The van der Waals surface area contributed by atoms with Crippen LogP contribution in [0.25, 0.3) is 22.6 Å². The molecule has 17 heteroatoms. The first kappa shape index (κ1) is 40.9. The van der Waals surface area contributed by atoms with Crippen molar-refractivity contribution in [2.45, 2.75) is 25.7 Å². The molecule has 4 N–H and O–H groups in total. The highest BCUT2D eigenvalue weighted by molar-refractivity contribution is 6.58. The fourth-order valence-corrected chi connectivity index (χ4v) is 7.06. The number of fused-ring (bicyclic) bond motifs is 2. The van der Waals surface area contributed by atoms with Gasteiger partial charge >= 0.3 is 7.12 Å². The Morgan fingerprint density at radius 1 is 0.576 bits per heavy atom. The minimum absolute atomic E-state index is 0. The molecule has 300 valence electrons. The normalized spacial score (nSPS) is 13.3. The van der Waals surface area contributed by atoms with E-state index in [0.29, 0.717) is 10.6 Å². The molecule has 14 nitrogen and oxygen atoms in total. The van der Waals surface area contributed by atoms with Crippen molar-refractivity contribution in [1.82, 2.24) is 39.2 Å². The van der Waals surface area contributed by atoms with Gasteiger partial charge in [0.15, 0.2) is 16.4 Å². The van der Waals surface area contributed by atoms with Crippen molar-refractivity contribution in [3.63, 3.8) is 0 Å². The van der Waals surface area contributed by atoms with Gasteiger partial charge in [0, 0.05) is 62.6 Å². The lowest BCUT2D eigenvalue weighted by atomic mass is 9.81. The fourth-order valence-electron chi connectivity index (χ4n) is 6.87. The lowest BCUT2D eigenvalue weighted by molar-refractivity contribution is 0.426. The van der Waals surface area contributed by atoms with Crippen LogP contribution >= 0.6 is 24.0 Å². The summed E-state index contributed by atoms with van der Waals surface area (Å²) < 4.78 is 3.45. The van der Waals surface area contributed by atoms with Gasteiger partial charge in [0.25, 0.3) is 0 Å². The van der Waals surface area contributed by atoms with Crippen molar-refractivity contribution in [2.24, 2.45) is 0 Å². The van der Waals surface area contributed by atoms with Crippen LogP contribution in [0.15, 0.2) is 134 Å². The Morgan fingerprint density at radius 3 is 1.58 bits per heavy atom. The Kier molecular flexibility index (Phi) is 13.5. The zero-order valence-corrected chi connectivity index (χ0v) is 33.7. The summed E-state index contributed by atoms with van der Waals surface area (Å²) in [6.45, 7) is 4.30. The highest BCUT2D eigenvalue weighted by atomic mass is 35.5. The first-order valence-corrected chi connectivity index (χ1v) is 19.6. The summed E-state index contributed by atoms with van der Waals surface area (Å²) in [5, 5.41) is 33.1. The molecule has 0 saturated carbocycles. The Hall–Kier alpha value is -6.26. The van der Waals surface area contributed by atoms with Crippen molar-refractivity contribution >= 4 is 82.5 Å². The molecule has 0 spiro atoms. The van der Waals surface area contributed by atoms with E-state index in [-0.39, 0.29) is 12.4 Å². The smallest absolute Gasteiger partial charge is 0.423 e. The molecule has 8 heterocycles. The number of hydrogen-bond acceptors (Lipinski definition) is 12. The molecule has 8 aromatic rings. The van der Waals surface area contributed by atoms with E-state index in [2.05, 4.69) is 63.8 Å². The van der Waals surface area contributed by atoms with Crippen molar-refractivity contribution in [3.05, 3.63) is 139 Å². The maximum Gasteiger partial charge on any atom is 0.488 e. The summed E-state index contributed by atoms with van der Waals surface area (Å²) in [6.07, 6.45) is 12.0. The van der Waals surface area contributed by atoms with Crippen LogP contribution < -0.4 is 25.9 Å². The molecule has 0 aliphatic carbocycles. The molecule has 0 bridgehead atoms. The average molecular weight is 830 g/mol. The summed E-state index contributed by atoms with van der Waals surface area (Å²) in [4.78, 5) is 22.9. The van der Waals surface area contributed by atoms with E-state index >= 15 is 0 Å². The van der Waals surface area contributed by atoms with Crippen molar-refractivity contribution in [3.8, 4) is 11.3 Å². The third-order valence-electron chi connectivity index (χ3n) is 9.71. The van der Waals surface area contributed by atoms with E-state index in [1.54, 1.807) is 58.0 Å². The first-order valence-electron chi connectivity index (χ1n) is 19.3. The summed E-state index contributed by atoms with van der Waals surface area (Å²) in [6, 6.07) is 34.7. The molecule has 2 aliphatic heterocycles. The molecule has 6 aromatic heterocycles. The second kappa shape index (κ2) is 19.5. The van der Waals surface area contributed by atoms with Gasteiger partial charge in [-0.25, -0.2) is 29.0 Å². The maximum absolute atomic E-state index is 8.58. The van der Waals surface area contributed by atoms with Crippen molar-refractivity contribution < 1.29 is 10.0 Å². The molecule has 0 atom stereocenters. The Morgan fingerprint density at radius 2 is 1.07 bits per heavy atom. The molecular formula is C42H43BCl2N12O2. The van der Waals surface area contributed by atoms with Gasteiger partial charge in [-0.1, -0.05) is 84.4 Å². The first-order chi connectivity index (χ1) is 28.5. The zero-order valence-electron chi connectivity index (χ0n) is 32.1. The molecule has 2 fully saturated rings. The minimum atomic E-state index is -1.34. The Balaban J connectivity index is 0.000000148. The summed E-state index contributed by atoms with van der Waals surface area (Å²) in [5.41, 5.74) is 5.66. The predicted molar refractivity (Wildman–Crippen MR) is 238 cm³/mol. The second-order valence-electron chi connectivity index (χ2n) is 13.8. The second-order valence-corrected chi connectivity index (χ2v) is 14.2. The summed E-state index contributed by atoms with van der Waals surface area (Å²) in [7, 11) is -1.34. The average Bonchev–Trinajstić information content (AvgIpc) is 4.11. The number of imidazole rings is 2. The van der Waals surface area contributed by atoms with Crippen LogP contribution in [0.4, 0.5) is 34.6 Å². The number of benzene rings is 2. The number of pyridine rings is 2. The number of nitrogens with zero attached hydrogens (tertiary/aromatic N) is 10. The topological polar surface area (TPSA) is 157 Å². The Labute approximate surface area is 353 Å². The third kappa shape index (κ3) is 10.3. The Bertz CT molecular complexity index is 2570. The largest absolute Gasteiger partial charge is 0.488 e. The number of aromatic nitrogens is 8. The van der Waals surface area contributed by atoms with E-state index in [9.17, 15) is 0 Å². The quantitative estimate of drug-likeness (QED) is 0.116. The number of rotatable bonds is 8. The predicted octanol–water partition coefficient (Wildman–Crippen LogP) is 7.04. The maximum atomic E-state index is 8.58. The van der Waals surface area contributed by atoms with Gasteiger partial charge in [-0.3, -0.25) is 0 Å². The molecular weight excluding hydrogens is 786 g/mol. The highest BCUT2D eigenvalue weighted by Crippen LogP contribution is 2.28. The van der Waals surface area contributed by atoms with Crippen LogP contribution in [0, 0.1) is 0 Å². The number of halogens is 2. The van der Waals surface area contributed by atoms with E-state index in [0.717, 1.165) is 83.4 Å². The van der Waals surface area contributed by atoms with Crippen molar-refractivity contribution in [2.75, 3.05) is 46.6 Å². The van der Waals surface area contributed by atoms with Gasteiger partial charge in [0.2, 0.25) is 0 Å². The summed E-state index contributed by atoms with van der Waals surface area (Å²) >= 11 is 6.05. The molecule has 2 aromatic carbocycles. The third-order valence-corrected chi connectivity index (χ3v) is 9.89. The van der Waals surface area contributed by atoms with Crippen LogP contribution in [-0.4, -0.2) is 82.5 Å². The molecule has 2 saturated heterocycles. The highest BCUT2D eigenvalue weighted by Gasteiger charge is 2.16.